The van der Waals surface area contributed by atoms with Crippen LogP contribution in [-0.2, 0) is 0 Å². The van der Waals surface area contributed by atoms with Gasteiger partial charge in [-0.2, -0.15) is 0 Å². The van der Waals surface area contributed by atoms with Gasteiger partial charge in [0.05, 0.1) is 17.3 Å². The molecule has 6 nitrogen and oxygen atoms in total. The Kier molecular flexibility index (Phi) is 4.58. The summed E-state index contributed by atoms with van der Waals surface area (Å²) < 4.78 is 15.1. The number of amides is 1. The van der Waals surface area contributed by atoms with Crippen LogP contribution in [-0.4, -0.2) is 38.7 Å². The molecule has 0 saturated heterocycles. The summed E-state index contributed by atoms with van der Waals surface area (Å²) in [4.78, 5) is 12.1. The van der Waals surface area contributed by atoms with E-state index in [0.29, 0.717) is 6.54 Å². The molecule has 0 radical (unpaired) electrons. The number of nitrogens with zero attached hydrogens (tertiary/aromatic N) is 3. The Morgan fingerprint density at radius 1 is 1.48 bits per heavy atom. The van der Waals surface area contributed by atoms with Gasteiger partial charge < -0.3 is 10.4 Å². The van der Waals surface area contributed by atoms with Gasteiger partial charge in [-0.3, -0.25) is 4.79 Å². The first-order chi connectivity index (χ1) is 11.1. The Hall–Kier alpha value is -1.99. The standard InChI is InChI=1S/C15H16ClFN4O2/c16-10-4-2-5-12(14(10)17)21-8-11(19-20-21)15(23)18-7-9-3-1-6-13(9)22/h2,4-5,8-9,13,22H,1,3,6-7H2,(H,18,23). The van der Waals surface area contributed by atoms with Crippen LogP contribution in [0.15, 0.2) is 24.4 Å². The molecule has 1 saturated carbocycles. The van der Waals surface area contributed by atoms with Gasteiger partial charge in [0, 0.05) is 12.5 Å². The lowest BCUT2D eigenvalue weighted by molar-refractivity contribution is 0.0912. The minimum Gasteiger partial charge on any atom is -0.393 e. The number of aromatic nitrogens is 3. The summed E-state index contributed by atoms with van der Waals surface area (Å²) in [5, 5.41) is 20.0. The van der Waals surface area contributed by atoms with Crippen molar-refractivity contribution in [2.45, 2.75) is 25.4 Å². The normalized spacial score (nSPS) is 20.7. The van der Waals surface area contributed by atoms with Crippen molar-refractivity contribution in [3.05, 3.63) is 40.9 Å². The summed E-state index contributed by atoms with van der Waals surface area (Å²) in [5.74, 6) is -0.961. The second kappa shape index (κ2) is 6.64. The van der Waals surface area contributed by atoms with Crippen molar-refractivity contribution < 1.29 is 14.3 Å². The van der Waals surface area contributed by atoms with Gasteiger partial charge in [0.2, 0.25) is 0 Å². The number of aliphatic hydroxyl groups is 1. The molecule has 122 valence electrons. The van der Waals surface area contributed by atoms with Gasteiger partial charge >= 0.3 is 0 Å². The summed E-state index contributed by atoms with van der Waals surface area (Å²) in [6, 6.07) is 4.51. The largest absolute Gasteiger partial charge is 0.393 e. The molecule has 2 atom stereocenters. The average molecular weight is 339 g/mol. The van der Waals surface area contributed by atoms with E-state index >= 15 is 0 Å². The molecule has 1 aromatic heterocycles. The lowest BCUT2D eigenvalue weighted by Gasteiger charge is -2.14. The number of halogens is 2. The second-order valence-electron chi connectivity index (χ2n) is 5.59. The molecule has 0 spiro atoms. The van der Waals surface area contributed by atoms with E-state index < -0.39 is 11.7 Å². The summed E-state index contributed by atoms with van der Waals surface area (Å²) >= 11 is 5.73. The number of aliphatic hydroxyl groups excluding tert-OH is 1. The van der Waals surface area contributed by atoms with Crippen LogP contribution in [0.3, 0.4) is 0 Å². The molecule has 1 aromatic carbocycles. The summed E-state index contributed by atoms with van der Waals surface area (Å²) in [7, 11) is 0. The second-order valence-corrected chi connectivity index (χ2v) is 6.00. The van der Waals surface area contributed by atoms with Crippen molar-refractivity contribution >= 4 is 17.5 Å². The first-order valence-electron chi connectivity index (χ1n) is 7.39. The lowest BCUT2D eigenvalue weighted by atomic mass is 10.1. The Morgan fingerprint density at radius 2 is 2.30 bits per heavy atom. The fourth-order valence-electron chi connectivity index (χ4n) is 2.72. The molecule has 2 N–H and O–H groups in total. The number of benzene rings is 1. The van der Waals surface area contributed by atoms with Gasteiger partial charge in [0.1, 0.15) is 5.69 Å². The molecule has 1 amide bonds. The number of carbonyl (C=O) groups excluding carboxylic acids is 1. The van der Waals surface area contributed by atoms with Crippen LogP contribution in [0.5, 0.6) is 0 Å². The molecular weight excluding hydrogens is 323 g/mol. The van der Waals surface area contributed by atoms with Crippen LogP contribution in [0.4, 0.5) is 4.39 Å². The highest BCUT2D eigenvalue weighted by atomic mass is 35.5. The first kappa shape index (κ1) is 15.9. The zero-order valence-electron chi connectivity index (χ0n) is 12.2. The van der Waals surface area contributed by atoms with E-state index in [-0.39, 0.29) is 28.4 Å². The molecule has 1 aliphatic carbocycles. The quantitative estimate of drug-likeness (QED) is 0.893. The van der Waals surface area contributed by atoms with Crippen LogP contribution in [0.2, 0.25) is 5.02 Å². The monoisotopic (exact) mass is 338 g/mol. The van der Waals surface area contributed by atoms with Crippen molar-refractivity contribution in [2.75, 3.05) is 6.54 Å². The number of nitrogens with one attached hydrogen (secondary N) is 1. The topological polar surface area (TPSA) is 80.0 Å². The van der Waals surface area contributed by atoms with Gasteiger partial charge in [0.15, 0.2) is 11.5 Å². The van der Waals surface area contributed by atoms with Gasteiger partial charge in [-0.05, 0) is 25.0 Å². The third-order valence-electron chi connectivity index (χ3n) is 4.05. The molecule has 2 aromatic rings. The maximum Gasteiger partial charge on any atom is 0.273 e. The Balaban J connectivity index is 1.69. The number of hydrogen-bond donors (Lipinski definition) is 2. The third kappa shape index (κ3) is 3.35. The van der Waals surface area contributed by atoms with E-state index in [2.05, 4.69) is 15.6 Å². The molecule has 1 aliphatic rings. The molecule has 3 rings (SSSR count). The van der Waals surface area contributed by atoms with Crippen molar-refractivity contribution in [1.29, 1.82) is 0 Å². The first-order valence-corrected chi connectivity index (χ1v) is 7.77. The number of hydrogen-bond acceptors (Lipinski definition) is 4. The molecule has 1 heterocycles. The minimum atomic E-state index is -0.625. The van der Waals surface area contributed by atoms with E-state index in [1.165, 1.54) is 23.0 Å². The Bertz CT molecular complexity index is 721. The lowest BCUT2D eigenvalue weighted by Crippen LogP contribution is -2.32. The van der Waals surface area contributed by atoms with Crippen molar-refractivity contribution in [1.82, 2.24) is 20.3 Å². The van der Waals surface area contributed by atoms with Gasteiger partial charge in [-0.1, -0.05) is 29.3 Å². The van der Waals surface area contributed by atoms with E-state index in [9.17, 15) is 14.3 Å². The van der Waals surface area contributed by atoms with Crippen molar-refractivity contribution in [2.24, 2.45) is 5.92 Å². The SMILES string of the molecule is O=C(NCC1CCCC1O)c1cn(-c2cccc(Cl)c2F)nn1. The van der Waals surface area contributed by atoms with Crippen molar-refractivity contribution in [3.8, 4) is 5.69 Å². The average Bonchev–Trinajstić information content (AvgIpc) is 3.17. The summed E-state index contributed by atoms with van der Waals surface area (Å²) in [6.07, 6.45) is 3.60. The van der Waals surface area contributed by atoms with Gasteiger partial charge in [0.25, 0.3) is 5.91 Å². The van der Waals surface area contributed by atoms with Gasteiger partial charge in [-0.15, -0.1) is 5.10 Å². The van der Waals surface area contributed by atoms with E-state index in [4.69, 9.17) is 11.6 Å². The molecule has 2 unspecified atom stereocenters. The molecule has 1 fully saturated rings. The maximum absolute atomic E-state index is 13.9. The summed E-state index contributed by atoms with van der Waals surface area (Å²) in [5.41, 5.74) is 0.201. The molecule has 0 bridgehead atoms. The van der Waals surface area contributed by atoms with E-state index in [0.717, 1.165) is 19.3 Å². The number of carbonyl (C=O) groups is 1. The highest BCUT2D eigenvalue weighted by molar-refractivity contribution is 6.30. The van der Waals surface area contributed by atoms with E-state index in [1.807, 2.05) is 0 Å². The Morgan fingerprint density at radius 3 is 3.04 bits per heavy atom. The van der Waals surface area contributed by atoms with E-state index in [1.54, 1.807) is 6.07 Å². The third-order valence-corrected chi connectivity index (χ3v) is 4.34. The van der Waals surface area contributed by atoms with Gasteiger partial charge in [-0.25, -0.2) is 9.07 Å². The molecular formula is C15H16ClFN4O2. The summed E-state index contributed by atoms with van der Waals surface area (Å²) in [6.45, 7) is 0.387. The molecule has 8 heteroatoms. The molecule has 0 aliphatic heterocycles. The van der Waals surface area contributed by atoms with Crippen LogP contribution in [0, 0.1) is 11.7 Å². The molecule has 23 heavy (non-hydrogen) atoms. The minimum absolute atomic E-state index is 0.0285. The maximum atomic E-state index is 13.9. The highest BCUT2D eigenvalue weighted by Crippen LogP contribution is 2.24. The highest BCUT2D eigenvalue weighted by Gasteiger charge is 2.26. The smallest absolute Gasteiger partial charge is 0.273 e. The fraction of sp³-hybridized carbons (Fsp3) is 0.400. The fourth-order valence-corrected chi connectivity index (χ4v) is 2.89. The zero-order chi connectivity index (χ0) is 16.4. The Labute approximate surface area is 137 Å². The predicted octanol–water partition coefficient (Wildman–Crippen LogP) is 1.95. The van der Waals surface area contributed by atoms with Crippen LogP contribution >= 0.6 is 11.6 Å². The zero-order valence-corrected chi connectivity index (χ0v) is 13.0. The number of rotatable bonds is 4. The van der Waals surface area contributed by atoms with Crippen LogP contribution < -0.4 is 5.32 Å². The van der Waals surface area contributed by atoms with Crippen molar-refractivity contribution in [3.63, 3.8) is 0 Å². The predicted molar refractivity (Wildman–Crippen MR) is 82.0 cm³/mol. The van der Waals surface area contributed by atoms with Crippen LogP contribution in [0.25, 0.3) is 5.69 Å². The van der Waals surface area contributed by atoms with Crippen LogP contribution in [0.1, 0.15) is 29.8 Å².